The minimum absolute atomic E-state index is 0.0175. The summed E-state index contributed by atoms with van der Waals surface area (Å²) in [5, 5.41) is 0. The predicted molar refractivity (Wildman–Crippen MR) is 63.8 cm³/mol. The van der Waals surface area contributed by atoms with Crippen LogP contribution in [-0.4, -0.2) is 12.7 Å². The van der Waals surface area contributed by atoms with E-state index >= 15 is 0 Å². The molecule has 0 saturated heterocycles. The summed E-state index contributed by atoms with van der Waals surface area (Å²) in [7, 11) is 0. The van der Waals surface area contributed by atoms with Crippen LogP contribution < -0.4 is 5.73 Å². The van der Waals surface area contributed by atoms with Gasteiger partial charge in [-0.1, -0.05) is 31.2 Å². The Labute approximate surface area is 92.4 Å². The van der Waals surface area contributed by atoms with E-state index in [4.69, 9.17) is 10.5 Å². The van der Waals surface area contributed by atoms with Crippen LogP contribution in [0.4, 0.5) is 0 Å². The standard InChI is InChI=1S/C13H21NO/c1-4-12(15-5-2)13(14)11-9-7-6-8-10(11)3/h6-9,12-13H,4-5,14H2,1-3H3. The maximum atomic E-state index is 6.21. The van der Waals surface area contributed by atoms with Gasteiger partial charge < -0.3 is 10.5 Å². The summed E-state index contributed by atoms with van der Waals surface area (Å²) < 4.78 is 5.64. The van der Waals surface area contributed by atoms with Gasteiger partial charge in [0.1, 0.15) is 0 Å². The van der Waals surface area contributed by atoms with Gasteiger partial charge in [-0.25, -0.2) is 0 Å². The van der Waals surface area contributed by atoms with Crippen molar-refractivity contribution in [3.05, 3.63) is 35.4 Å². The van der Waals surface area contributed by atoms with Crippen molar-refractivity contribution in [1.82, 2.24) is 0 Å². The average molecular weight is 207 g/mol. The lowest BCUT2D eigenvalue weighted by molar-refractivity contribution is 0.0412. The molecule has 2 unspecified atom stereocenters. The third-order valence-electron chi connectivity index (χ3n) is 2.73. The molecule has 2 heteroatoms. The lowest BCUT2D eigenvalue weighted by Gasteiger charge is -2.24. The average Bonchev–Trinajstić information content (AvgIpc) is 2.25. The quantitative estimate of drug-likeness (QED) is 0.805. The highest BCUT2D eigenvalue weighted by Crippen LogP contribution is 2.21. The van der Waals surface area contributed by atoms with Crippen molar-refractivity contribution >= 4 is 0 Å². The number of benzene rings is 1. The van der Waals surface area contributed by atoms with Crippen LogP contribution in [0.5, 0.6) is 0 Å². The van der Waals surface area contributed by atoms with Gasteiger partial charge in [-0.3, -0.25) is 0 Å². The fourth-order valence-electron chi connectivity index (χ4n) is 1.85. The van der Waals surface area contributed by atoms with E-state index in [1.165, 1.54) is 11.1 Å². The molecule has 0 aliphatic rings. The van der Waals surface area contributed by atoms with Crippen LogP contribution in [0.1, 0.15) is 37.4 Å². The fraction of sp³-hybridized carbons (Fsp3) is 0.538. The Kier molecular flexibility index (Phi) is 4.79. The Morgan fingerprint density at radius 3 is 2.47 bits per heavy atom. The summed E-state index contributed by atoms with van der Waals surface area (Å²) in [5.41, 5.74) is 8.64. The molecule has 0 aliphatic heterocycles. The second-order valence-corrected chi connectivity index (χ2v) is 3.78. The van der Waals surface area contributed by atoms with Gasteiger partial charge in [0.05, 0.1) is 12.1 Å². The van der Waals surface area contributed by atoms with Crippen molar-refractivity contribution in [3.63, 3.8) is 0 Å². The summed E-state index contributed by atoms with van der Waals surface area (Å²) in [6, 6.07) is 8.22. The number of hydrogen-bond acceptors (Lipinski definition) is 2. The molecule has 84 valence electrons. The van der Waals surface area contributed by atoms with Crippen molar-refractivity contribution in [2.45, 2.75) is 39.3 Å². The summed E-state index contributed by atoms with van der Waals surface area (Å²) in [6.45, 7) is 6.93. The van der Waals surface area contributed by atoms with Gasteiger partial charge in [0.15, 0.2) is 0 Å². The summed E-state index contributed by atoms with van der Waals surface area (Å²) in [6.07, 6.45) is 1.07. The lowest BCUT2D eigenvalue weighted by Crippen LogP contribution is -2.29. The SMILES string of the molecule is CCOC(CC)C(N)c1ccccc1C. The smallest absolute Gasteiger partial charge is 0.0764 e. The first-order chi connectivity index (χ1) is 7.20. The molecule has 0 aliphatic carbocycles. The lowest BCUT2D eigenvalue weighted by atomic mass is 9.96. The molecule has 2 atom stereocenters. The number of hydrogen-bond donors (Lipinski definition) is 1. The minimum Gasteiger partial charge on any atom is -0.377 e. The topological polar surface area (TPSA) is 35.2 Å². The molecule has 1 rings (SSSR count). The second kappa shape index (κ2) is 5.89. The molecular weight excluding hydrogens is 186 g/mol. The molecular formula is C13H21NO. The van der Waals surface area contributed by atoms with E-state index in [1.54, 1.807) is 0 Å². The minimum atomic E-state index is -0.0175. The molecule has 0 heterocycles. The molecule has 1 aromatic rings. The third kappa shape index (κ3) is 3.05. The van der Waals surface area contributed by atoms with Crippen molar-refractivity contribution in [2.75, 3.05) is 6.61 Å². The van der Waals surface area contributed by atoms with E-state index in [0.717, 1.165) is 13.0 Å². The van der Waals surface area contributed by atoms with E-state index < -0.39 is 0 Å². The van der Waals surface area contributed by atoms with Gasteiger partial charge in [-0.15, -0.1) is 0 Å². The van der Waals surface area contributed by atoms with Gasteiger partial charge in [0.2, 0.25) is 0 Å². The van der Waals surface area contributed by atoms with Gasteiger partial charge in [-0.2, -0.15) is 0 Å². The van der Waals surface area contributed by atoms with Gasteiger partial charge in [-0.05, 0) is 31.4 Å². The zero-order chi connectivity index (χ0) is 11.3. The van der Waals surface area contributed by atoms with Crippen LogP contribution in [0, 0.1) is 6.92 Å². The first-order valence-electron chi connectivity index (χ1n) is 5.63. The third-order valence-corrected chi connectivity index (χ3v) is 2.73. The van der Waals surface area contributed by atoms with E-state index in [9.17, 15) is 0 Å². The Bertz CT molecular complexity index is 298. The molecule has 15 heavy (non-hydrogen) atoms. The maximum Gasteiger partial charge on any atom is 0.0764 e. The molecule has 0 saturated carbocycles. The van der Waals surface area contributed by atoms with Crippen LogP contribution in [0.2, 0.25) is 0 Å². The van der Waals surface area contributed by atoms with Gasteiger partial charge in [0.25, 0.3) is 0 Å². The van der Waals surface area contributed by atoms with Crippen molar-refractivity contribution < 1.29 is 4.74 Å². The summed E-state index contributed by atoms with van der Waals surface area (Å²) >= 11 is 0. The van der Waals surface area contributed by atoms with E-state index in [0.29, 0.717) is 0 Å². The summed E-state index contributed by atoms with van der Waals surface area (Å²) in [4.78, 5) is 0. The van der Waals surface area contributed by atoms with Crippen molar-refractivity contribution in [1.29, 1.82) is 0 Å². The van der Waals surface area contributed by atoms with Crippen LogP contribution in [-0.2, 0) is 4.74 Å². The molecule has 0 amide bonds. The maximum absolute atomic E-state index is 6.21. The van der Waals surface area contributed by atoms with Crippen LogP contribution in [0.3, 0.4) is 0 Å². The molecule has 0 bridgehead atoms. The highest BCUT2D eigenvalue weighted by Gasteiger charge is 2.18. The fourth-order valence-corrected chi connectivity index (χ4v) is 1.85. The molecule has 0 fully saturated rings. The first kappa shape index (κ1) is 12.2. The number of aryl methyl sites for hydroxylation is 1. The van der Waals surface area contributed by atoms with Crippen molar-refractivity contribution in [2.24, 2.45) is 5.73 Å². The zero-order valence-corrected chi connectivity index (χ0v) is 9.86. The normalized spacial score (nSPS) is 14.9. The Hall–Kier alpha value is -0.860. The second-order valence-electron chi connectivity index (χ2n) is 3.78. The number of ether oxygens (including phenoxy) is 1. The first-order valence-corrected chi connectivity index (χ1v) is 5.63. The van der Waals surface area contributed by atoms with E-state index in [1.807, 2.05) is 19.1 Å². The Morgan fingerprint density at radius 1 is 1.27 bits per heavy atom. The van der Waals surface area contributed by atoms with Gasteiger partial charge >= 0.3 is 0 Å². The van der Waals surface area contributed by atoms with E-state index in [-0.39, 0.29) is 12.1 Å². The Morgan fingerprint density at radius 2 is 1.93 bits per heavy atom. The highest BCUT2D eigenvalue weighted by atomic mass is 16.5. The molecule has 0 spiro atoms. The molecule has 0 radical (unpaired) electrons. The van der Waals surface area contributed by atoms with E-state index in [2.05, 4.69) is 26.0 Å². The Balaban J connectivity index is 2.82. The zero-order valence-electron chi connectivity index (χ0n) is 9.86. The largest absolute Gasteiger partial charge is 0.377 e. The summed E-state index contributed by atoms with van der Waals surface area (Å²) in [5.74, 6) is 0. The van der Waals surface area contributed by atoms with Crippen LogP contribution in [0.25, 0.3) is 0 Å². The number of rotatable bonds is 5. The van der Waals surface area contributed by atoms with Crippen LogP contribution in [0.15, 0.2) is 24.3 Å². The molecule has 1 aromatic carbocycles. The highest BCUT2D eigenvalue weighted by molar-refractivity contribution is 5.29. The predicted octanol–water partition coefficient (Wildman–Crippen LogP) is 2.81. The molecule has 2 nitrogen and oxygen atoms in total. The number of nitrogens with two attached hydrogens (primary N) is 1. The van der Waals surface area contributed by atoms with Gasteiger partial charge in [0, 0.05) is 6.61 Å². The van der Waals surface area contributed by atoms with Crippen LogP contribution >= 0.6 is 0 Å². The monoisotopic (exact) mass is 207 g/mol. The molecule has 0 aromatic heterocycles. The molecule has 2 N–H and O–H groups in total. The van der Waals surface area contributed by atoms with Crippen molar-refractivity contribution in [3.8, 4) is 0 Å².